The third kappa shape index (κ3) is 3.09. The van der Waals surface area contributed by atoms with E-state index < -0.39 is 33.6 Å². The minimum absolute atomic E-state index is 0.317. The normalized spacial score (nSPS) is 10.2. The number of halogens is 2. The number of nitro groups is 1. The second-order valence-corrected chi connectivity index (χ2v) is 4.51. The lowest BCUT2D eigenvalue weighted by Crippen LogP contribution is -2.17. The summed E-state index contributed by atoms with van der Waals surface area (Å²) in [6, 6.07) is 7.90. The SMILES string of the molecule is Nc1c([N+](=O)[O-])ccc(F)c1C(=O)Nc1cccc(Cl)c1. The molecule has 0 aromatic heterocycles. The number of hydrogen-bond donors (Lipinski definition) is 2. The van der Waals surface area contributed by atoms with Gasteiger partial charge in [-0.05, 0) is 24.3 Å². The van der Waals surface area contributed by atoms with E-state index >= 15 is 0 Å². The van der Waals surface area contributed by atoms with Crippen molar-refractivity contribution in [3.63, 3.8) is 0 Å². The topological polar surface area (TPSA) is 98.3 Å². The van der Waals surface area contributed by atoms with Crippen molar-refractivity contribution in [2.45, 2.75) is 0 Å². The minimum Gasteiger partial charge on any atom is -0.392 e. The van der Waals surface area contributed by atoms with Gasteiger partial charge in [0.2, 0.25) is 0 Å². The standard InChI is InChI=1S/C13H9ClFN3O3/c14-7-2-1-3-8(6-7)17-13(19)11-9(15)4-5-10(12(11)16)18(20)21/h1-6H,16H2,(H,17,19). The Bertz CT molecular complexity index is 737. The van der Waals surface area contributed by atoms with E-state index in [0.717, 1.165) is 12.1 Å². The van der Waals surface area contributed by atoms with Crippen molar-refractivity contribution >= 4 is 34.6 Å². The fraction of sp³-hybridized carbons (Fsp3) is 0. The van der Waals surface area contributed by atoms with Crippen molar-refractivity contribution in [1.82, 2.24) is 0 Å². The molecule has 0 aliphatic rings. The van der Waals surface area contributed by atoms with Crippen molar-refractivity contribution in [3.8, 4) is 0 Å². The molecule has 2 aromatic carbocycles. The number of nitrogens with one attached hydrogen (secondary N) is 1. The number of carbonyl (C=O) groups excluding carboxylic acids is 1. The Labute approximate surface area is 123 Å². The number of amides is 1. The zero-order valence-electron chi connectivity index (χ0n) is 10.5. The Morgan fingerprint density at radius 3 is 2.67 bits per heavy atom. The number of anilines is 2. The third-order valence-corrected chi connectivity index (χ3v) is 2.91. The van der Waals surface area contributed by atoms with Crippen LogP contribution in [0.4, 0.5) is 21.5 Å². The van der Waals surface area contributed by atoms with Gasteiger partial charge in [0, 0.05) is 16.8 Å². The van der Waals surface area contributed by atoms with Gasteiger partial charge in [0.25, 0.3) is 11.6 Å². The number of nitrogen functional groups attached to an aromatic ring is 1. The molecule has 0 bridgehead atoms. The molecule has 0 aliphatic heterocycles. The van der Waals surface area contributed by atoms with Gasteiger partial charge in [-0.15, -0.1) is 0 Å². The van der Waals surface area contributed by atoms with Crippen molar-refractivity contribution in [3.05, 3.63) is 62.9 Å². The molecular formula is C13H9ClFN3O3. The lowest BCUT2D eigenvalue weighted by Gasteiger charge is -2.09. The summed E-state index contributed by atoms with van der Waals surface area (Å²) in [6.07, 6.45) is 0. The van der Waals surface area contributed by atoms with Gasteiger partial charge >= 0.3 is 0 Å². The molecule has 0 spiro atoms. The summed E-state index contributed by atoms with van der Waals surface area (Å²) in [5.41, 5.74) is 4.18. The van der Waals surface area contributed by atoms with Gasteiger partial charge in [-0.2, -0.15) is 0 Å². The highest BCUT2D eigenvalue weighted by Gasteiger charge is 2.23. The number of nitrogens with two attached hydrogens (primary N) is 1. The largest absolute Gasteiger partial charge is 0.392 e. The number of hydrogen-bond acceptors (Lipinski definition) is 4. The van der Waals surface area contributed by atoms with Crippen LogP contribution in [0.25, 0.3) is 0 Å². The number of benzene rings is 2. The summed E-state index contributed by atoms with van der Waals surface area (Å²) in [6.45, 7) is 0. The average Bonchev–Trinajstić information content (AvgIpc) is 2.38. The fourth-order valence-corrected chi connectivity index (χ4v) is 1.92. The minimum atomic E-state index is -0.947. The molecule has 1 amide bonds. The summed E-state index contributed by atoms with van der Waals surface area (Å²) in [4.78, 5) is 22.0. The first kappa shape index (κ1) is 14.7. The highest BCUT2D eigenvalue weighted by Crippen LogP contribution is 2.28. The zero-order chi connectivity index (χ0) is 15.6. The molecule has 8 heteroatoms. The molecule has 6 nitrogen and oxygen atoms in total. The van der Waals surface area contributed by atoms with E-state index in [4.69, 9.17) is 17.3 Å². The molecule has 0 saturated heterocycles. The smallest absolute Gasteiger partial charge is 0.293 e. The van der Waals surface area contributed by atoms with Gasteiger partial charge in [-0.25, -0.2) is 4.39 Å². The Hall–Kier alpha value is -2.67. The Morgan fingerprint density at radius 1 is 1.33 bits per heavy atom. The van der Waals surface area contributed by atoms with E-state index in [1.807, 2.05) is 0 Å². The summed E-state index contributed by atoms with van der Waals surface area (Å²) in [5, 5.41) is 13.5. The quantitative estimate of drug-likeness (QED) is 0.516. The molecule has 0 saturated carbocycles. The predicted molar refractivity (Wildman–Crippen MR) is 76.9 cm³/mol. The molecule has 0 fully saturated rings. The molecule has 0 aliphatic carbocycles. The van der Waals surface area contributed by atoms with Crippen LogP contribution in [0.3, 0.4) is 0 Å². The van der Waals surface area contributed by atoms with Gasteiger partial charge in [0.05, 0.1) is 4.92 Å². The predicted octanol–water partition coefficient (Wildman–Crippen LogP) is 3.22. The van der Waals surface area contributed by atoms with E-state index in [1.54, 1.807) is 12.1 Å². The first-order valence-electron chi connectivity index (χ1n) is 5.69. The van der Waals surface area contributed by atoms with Gasteiger partial charge in [-0.3, -0.25) is 14.9 Å². The van der Waals surface area contributed by atoms with Crippen LogP contribution in [0.5, 0.6) is 0 Å². The third-order valence-electron chi connectivity index (χ3n) is 2.68. The molecule has 21 heavy (non-hydrogen) atoms. The molecule has 2 rings (SSSR count). The van der Waals surface area contributed by atoms with Gasteiger partial charge < -0.3 is 11.1 Å². The van der Waals surface area contributed by atoms with Crippen molar-refractivity contribution < 1.29 is 14.1 Å². The summed E-state index contributed by atoms with van der Waals surface area (Å²) in [5.74, 6) is -1.84. The number of nitrogens with zero attached hydrogens (tertiary/aromatic N) is 1. The number of carbonyl (C=O) groups is 1. The van der Waals surface area contributed by atoms with E-state index in [0.29, 0.717) is 10.7 Å². The number of nitro benzene ring substituents is 1. The average molecular weight is 310 g/mol. The first-order chi connectivity index (χ1) is 9.90. The van der Waals surface area contributed by atoms with Crippen LogP contribution >= 0.6 is 11.6 Å². The van der Waals surface area contributed by atoms with Crippen molar-refractivity contribution in [2.75, 3.05) is 11.1 Å². The molecule has 2 aromatic rings. The van der Waals surface area contributed by atoms with E-state index in [9.17, 15) is 19.3 Å². The Morgan fingerprint density at radius 2 is 2.05 bits per heavy atom. The maximum atomic E-state index is 13.7. The Balaban J connectivity index is 2.39. The maximum Gasteiger partial charge on any atom is 0.293 e. The van der Waals surface area contributed by atoms with Gasteiger partial charge in [-0.1, -0.05) is 17.7 Å². The second kappa shape index (κ2) is 5.76. The van der Waals surface area contributed by atoms with Crippen LogP contribution in [-0.4, -0.2) is 10.8 Å². The second-order valence-electron chi connectivity index (χ2n) is 4.08. The number of rotatable bonds is 3. The molecule has 0 heterocycles. The maximum absolute atomic E-state index is 13.7. The lowest BCUT2D eigenvalue weighted by atomic mass is 10.1. The van der Waals surface area contributed by atoms with Crippen LogP contribution < -0.4 is 11.1 Å². The summed E-state index contributed by atoms with van der Waals surface area (Å²) in [7, 11) is 0. The van der Waals surface area contributed by atoms with E-state index in [2.05, 4.69) is 5.32 Å². The van der Waals surface area contributed by atoms with Crippen molar-refractivity contribution in [2.24, 2.45) is 0 Å². The first-order valence-corrected chi connectivity index (χ1v) is 6.07. The highest BCUT2D eigenvalue weighted by atomic mass is 35.5. The molecule has 108 valence electrons. The van der Waals surface area contributed by atoms with Crippen LogP contribution in [-0.2, 0) is 0 Å². The summed E-state index contributed by atoms with van der Waals surface area (Å²) >= 11 is 5.76. The summed E-state index contributed by atoms with van der Waals surface area (Å²) < 4.78 is 13.7. The highest BCUT2D eigenvalue weighted by molar-refractivity contribution is 6.31. The van der Waals surface area contributed by atoms with Crippen LogP contribution in [0, 0.1) is 15.9 Å². The van der Waals surface area contributed by atoms with Crippen LogP contribution in [0.2, 0.25) is 5.02 Å². The molecule has 3 N–H and O–H groups in total. The van der Waals surface area contributed by atoms with E-state index in [1.165, 1.54) is 12.1 Å². The fourth-order valence-electron chi connectivity index (χ4n) is 1.73. The molecular weight excluding hydrogens is 301 g/mol. The molecule has 0 unspecified atom stereocenters. The molecule has 0 atom stereocenters. The lowest BCUT2D eigenvalue weighted by molar-refractivity contribution is -0.384. The molecule has 0 radical (unpaired) electrons. The van der Waals surface area contributed by atoms with Gasteiger partial charge in [0.1, 0.15) is 17.1 Å². The van der Waals surface area contributed by atoms with Gasteiger partial charge in [0.15, 0.2) is 0 Å². The van der Waals surface area contributed by atoms with Crippen LogP contribution in [0.1, 0.15) is 10.4 Å². The van der Waals surface area contributed by atoms with Crippen molar-refractivity contribution in [1.29, 1.82) is 0 Å². The monoisotopic (exact) mass is 309 g/mol. The van der Waals surface area contributed by atoms with E-state index in [-0.39, 0.29) is 0 Å². The van der Waals surface area contributed by atoms with Crippen LogP contribution in [0.15, 0.2) is 36.4 Å². The Kier molecular flexibility index (Phi) is 4.04. The zero-order valence-corrected chi connectivity index (χ0v) is 11.2.